The molecule has 0 aromatic carbocycles. The van der Waals surface area contributed by atoms with Crippen molar-refractivity contribution in [3.8, 4) is 10.6 Å². The third-order valence-corrected chi connectivity index (χ3v) is 3.10. The molecular formula is C10H12N4OS. The van der Waals surface area contributed by atoms with Gasteiger partial charge in [0, 0.05) is 13.5 Å². The van der Waals surface area contributed by atoms with Gasteiger partial charge in [-0.05, 0) is 11.4 Å². The fourth-order valence-corrected chi connectivity index (χ4v) is 2.15. The predicted molar refractivity (Wildman–Crippen MR) is 64.3 cm³/mol. The molecule has 2 rings (SSSR count). The van der Waals surface area contributed by atoms with E-state index in [2.05, 4.69) is 15.6 Å². The highest BCUT2D eigenvalue weighted by molar-refractivity contribution is 7.13. The van der Waals surface area contributed by atoms with Gasteiger partial charge in [0.2, 0.25) is 0 Å². The van der Waals surface area contributed by atoms with Gasteiger partial charge in [-0.3, -0.25) is 4.79 Å². The summed E-state index contributed by atoms with van der Waals surface area (Å²) in [6.07, 6.45) is 0.661. The maximum Gasteiger partial charge on any atom is 0.299 e. The zero-order valence-electron chi connectivity index (χ0n) is 9.10. The first-order valence-corrected chi connectivity index (χ1v) is 5.86. The lowest BCUT2D eigenvalue weighted by Gasteiger charge is -2.09. The van der Waals surface area contributed by atoms with Crippen LogP contribution in [-0.4, -0.2) is 21.9 Å². The van der Waals surface area contributed by atoms with Crippen LogP contribution in [0.2, 0.25) is 0 Å². The molecule has 0 aliphatic rings. The van der Waals surface area contributed by atoms with Gasteiger partial charge >= 0.3 is 0 Å². The number of hydrogen-bond donors (Lipinski definition) is 1. The molecule has 5 nitrogen and oxygen atoms in total. The van der Waals surface area contributed by atoms with Gasteiger partial charge in [-0.2, -0.15) is 0 Å². The molecule has 0 bridgehead atoms. The third kappa shape index (κ3) is 1.71. The third-order valence-electron chi connectivity index (χ3n) is 2.22. The Morgan fingerprint density at radius 1 is 1.50 bits per heavy atom. The average Bonchev–Trinajstić information content (AvgIpc) is 2.81. The molecule has 0 radical (unpaired) electrons. The van der Waals surface area contributed by atoms with Crippen molar-refractivity contribution in [3.05, 3.63) is 33.7 Å². The van der Waals surface area contributed by atoms with Crippen molar-refractivity contribution in [1.82, 2.24) is 14.9 Å². The van der Waals surface area contributed by atoms with Crippen molar-refractivity contribution in [2.45, 2.75) is 13.3 Å². The van der Waals surface area contributed by atoms with Crippen LogP contribution in [0.1, 0.15) is 12.7 Å². The first-order chi connectivity index (χ1) is 7.77. The predicted octanol–water partition coefficient (Wildman–Crippen LogP) is 1.10. The lowest BCUT2D eigenvalue weighted by Crippen LogP contribution is -2.32. The van der Waals surface area contributed by atoms with E-state index in [4.69, 9.17) is 0 Å². The molecule has 0 amide bonds. The fraction of sp³-hybridized carbons (Fsp3) is 0.300. The van der Waals surface area contributed by atoms with E-state index < -0.39 is 0 Å². The van der Waals surface area contributed by atoms with E-state index in [9.17, 15) is 4.79 Å². The topological polar surface area (TPSA) is 59.8 Å². The smallest absolute Gasteiger partial charge is 0.299 e. The molecule has 0 aliphatic carbocycles. The van der Waals surface area contributed by atoms with E-state index >= 15 is 0 Å². The molecule has 2 aromatic heterocycles. The number of nitrogens with one attached hydrogen (secondary N) is 1. The molecule has 84 valence electrons. The van der Waals surface area contributed by atoms with E-state index in [1.165, 1.54) is 16.0 Å². The summed E-state index contributed by atoms with van der Waals surface area (Å²) < 4.78 is 1.43. The Morgan fingerprint density at radius 2 is 2.31 bits per heavy atom. The van der Waals surface area contributed by atoms with Gasteiger partial charge in [0.15, 0.2) is 11.5 Å². The summed E-state index contributed by atoms with van der Waals surface area (Å²) in [5, 5.41) is 9.94. The quantitative estimate of drug-likeness (QED) is 0.867. The van der Waals surface area contributed by atoms with Crippen LogP contribution in [0, 0.1) is 0 Å². The Kier molecular flexibility index (Phi) is 3.00. The molecule has 0 unspecified atom stereocenters. The maximum absolute atomic E-state index is 12.1. The second-order valence-corrected chi connectivity index (χ2v) is 4.11. The van der Waals surface area contributed by atoms with Crippen LogP contribution in [0.4, 0.5) is 0 Å². The largest absolute Gasteiger partial charge is 0.324 e. The fourth-order valence-electron chi connectivity index (χ4n) is 1.45. The second kappa shape index (κ2) is 4.44. The summed E-state index contributed by atoms with van der Waals surface area (Å²) in [6, 6.07) is 3.75. The van der Waals surface area contributed by atoms with Crippen LogP contribution in [0.5, 0.6) is 0 Å². The van der Waals surface area contributed by atoms with Crippen molar-refractivity contribution in [3.63, 3.8) is 0 Å². The van der Waals surface area contributed by atoms with E-state index in [1.807, 2.05) is 24.4 Å². The van der Waals surface area contributed by atoms with E-state index in [0.717, 1.165) is 4.88 Å². The van der Waals surface area contributed by atoms with Gasteiger partial charge < -0.3 is 5.43 Å². The van der Waals surface area contributed by atoms with Crippen LogP contribution < -0.4 is 11.0 Å². The molecular weight excluding hydrogens is 224 g/mol. The van der Waals surface area contributed by atoms with Gasteiger partial charge in [0.05, 0.1) is 4.88 Å². The zero-order valence-corrected chi connectivity index (χ0v) is 9.91. The SMILES string of the molecule is CCc1nnc(-c2cccs2)c(=O)n1NC. The second-order valence-electron chi connectivity index (χ2n) is 3.16. The van der Waals surface area contributed by atoms with Crippen molar-refractivity contribution in [2.75, 3.05) is 12.5 Å². The highest BCUT2D eigenvalue weighted by Gasteiger charge is 2.12. The summed E-state index contributed by atoms with van der Waals surface area (Å²) in [5.74, 6) is 0.632. The van der Waals surface area contributed by atoms with Crippen LogP contribution in [-0.2, 0) is 6.42 Å². The Morgan fingerprint density at radius 3 is 2.88 bits per heavy atom. The zero-order chi connectivity index (χ0) is 11.5. The lowest BCUT2D eigenvalue weighted by molar-refractivity contribution is 0.709. The molecule has 0 aliphatic heterocycles. The highest BCUT2D eigenvalue weighted by Crippen LogP contribution is 2.18. The van der Waals surface area contributed by atoms with Crippen molar-refractivity contribution in [1.29, 1.82) is 0 Å². The molecule has 0 fully saturated rings. The van der Waals surface area contributed by atoms with Crippen LogP contribution in [0.25, 0.3) is 10.6 Å². The van der Waals surface area contributed by atoms with Gasteiger partial charge in [-0.15, -0.1) is 21.5 Å². The Bertz CT molecular complexity index is 532. The molecule has 2 heterocycles. The summed E-state index contributed by atoms with van der Waals surface area (Å²) in [7, 11) is 1.69. The van der Waals surface area contributed by atoms with Gasteiger partial charge in [-0.1, -0.05) is 13.0 Å². The minimum Gasteiger partial charge on any atom is -0.324 e. The van der Waals surface area contributed by atoms with Crippen LogP contribution >= 0.6 is 11.3 Å². The molecule has 1 N–H and O–H groups in total. The van der Waals surface area contributed by atoms with E-state index in [-0.39, 0.29) is 5.56 Å². The maximum atomic E-state index is 12.1. The lowest BCUT2D eigenvalue weighted by atomic mass is 10.3. The van der Waals surface area contributed by atoms with Crippen molar-refractivity contribution in [2.24, 2.45) is 0 Å². The first-order valence-electron chi connectivity index (χ1n) is 4.98. The minimum atomic E-state index is -0.156. The van der Waals surface area contributed by atoms with Crippen LogP contribution in [0.3, 0.4) is 0 Å². The number of hydrogen-bond acceptors (Lipinski definition) is 5. The summed E-state index contributed by atoms with van der Waals surface area (Å²) in [4.78, 5) is 12.9. The monoisotopic (exact) mass is 236 g/mol. The summed E-state index contributed by atoms with van der Waals surface area (Å²) in [6.45, 7) is 1.93. The molecule has 0 saturated carbocycles. The Balaban J connectivity index is 2.62. The molecule has 0 spiro atoms. The molecule has 16 heavy (non-hydrogen) atoms. The number of rotatable bonds is 3. The summed E-state index contributed by atoms with van der Waals surface area (Å²) >= 11 is 1.48. The molecule has 2 aromatic rings. The van der Waals surface area contributed by atoms with Gasteiger partial charge in [0.25, 0.3) is 5.56 Å². The Hall–Kier alpha value is -1.69. The minimum absolute atomic E-state index is 0.156. The van der Waals surface area contributed by atoms with Gasteiger partial charge in [0.1, 0.15) is 0 Å². The first kappa shape index (κ1) is 10.8. The van der Waals surface area contributed by atoms with Crippen molar-refractivity contribution < 1.29 is 0 Å². The normalized spacial score (nSPS) is 10.4. The number of thiophene rings is 1. The highest BCUT2D eigenvalue weighted by atomic mass is 32.1. The Labute approximate surface area is 96.7 Å². The van der Waals surface area contributed by atoms with Gasteiger partial charge in [-0.25, -0.2) is 4.68 Å². The number of nitrogens with zero attached hydrogens (tertiary/aromatic N) is 3. The number of aromatic nitrogens is 3. The number of aryl methyl sites for hydroxylation is 1. The molecule has 6 heteroatoms. The van der Waals surface area contributed by atoms with E-state index in [0.29, 0.717) is 17.9 Å². The van der Waals surface area contributed by atoms with E-state index in [1.54, 1.807) is 7.05 Å². The summed E-state index contributed by atoms with van der Waals surface area (Å²) in [5.41, 5.74) is 3.06. The van der Waals surface area contributed by atoms with Crippen molar-refractivity contribution >= 4 is 11.3 Å². The molecule has 0 atom stereocenters. The van der Waals surface area contributed by atoms with Crippen LogP contribution in [0.15, 0.2) is 22.3 Å². The standard InChI is InChI=1S/C10H12N4OS/c1-3-8-12-13-9(7-5-4-6-16-7)10(15)14(8)11-2/h4-6,11H,3H2,1-2H3. The molecule has 0 saturated heterocycles. The average molecular weight is 236 g/mol.